The normalized spacial score (nSPS) is 17.4. The van der Waals surface area contributed by atoms with Crippen LogP contribution in [0.15, 0.2) is 57.5 Å². The first-order chi connectivity index (χ1) is 18.8. The van der Waals surface area contributed by atoms with Crippen LogP contribution in [0.4, 0.5) is 5.69 Å². The third-order valence-corrected chi connectivity index (χ3v) is 8.03. The molecule has 2 aromatic rings. The van der Waals surface area contributed by atoms with Crippen molar-refractivity contribution in [2.24, 2.45) is 0 Å². The molecule has 0 atom stereocenters. The first-order valence-electron chi connectivity index (χ1n) is 13.4. The number of nitrogens with one attached hydrogen (secondary N) is 1. The minimum Gasteiger partial charge on any atom is -0.490 e. The number of hydrogen-bond donors (Lipinski definition) is 1. The molecule has 0 radical (unpaired) electrons. The van der Waals surface area contributed by atoms with Crippen LogP contribution >= 0.6 is 15.9 Å². The number of allylic oxidation sites excluding steroid dienone is 4. The minimum absolute atomic E-state index is 0.0172. The summed E-state index contributed by atoms with van der Waals surface area (Å²) in [6, 6.07) is 9.41. The maximum atomic E-state index is 13.1. The number of rotatable bonds is 7. The van der Waals surface area contributed by atoms with E-state index in [1.807, 2.05) is 51.1 Å². The van der Waals surface area contributed by atoms with Crippen molar-refractivity contribution in [2.45, 2.75) is 65.2 Å². The minimum atomic E-state index is -0.512. The van der Waals surface area contributed by atoms with Gasteiger partial charge in [0.05, 0.1) is 11.1 Å². The van der Waals surface area contributed by atoms with Crippen LogP contribution < -0.4 is 14.8 Å². The number of amides is 1. The number of carbonyl (C=O) groups is 3. The number of aryl methyl sites for hydroxylation is 2. The van der Waals surface area contributed by atoms with Gasteiger partial charge in [-0.15, -0.1) is 0 Å². The van der Waals surface area contributed by atoms with E-state index < -0.39 is 5.92 Å². The van der Waals surface area contributed by atoms with Gasteiger partial charge in [0.1, 0.15) is 11.5 Å². The second-order valence-corrected chi connectivity index (χ2v) is 11.0. The number of ketones is 2. The van der Waals surface area contributed by atoms with Crippen molar-refractivity contribution in [1.29, 1.82) is 0 Å². The largest absolute Gasteiger partial charge is 0.490 e. The second-order valence-electron chi connectivity index (χ2n) is 10.2. The average Bonchev–Trinajstić information content (AvgIpc) is 2.89. The maximum Gasteiger partial charge on any atom is 0.262 e. The summed E-state index contributed by atoms with van der Waals surface area (Å²) in [5.41, 5.74) is 4.84. The van der Waals surface area contributed by atoms with Crippen LogP contribution in [0.5, 0.6) is 11.5 Å². The number of carbonyl (C=O) groups excluding carboxylic acids is 3. The summed E-state index contributed by atoms with van der Waals surface area (Å²) >= 11 is 3.61. The third-order valence-electron chi connectivity index (χ3n) is 7.44. The first-order valence-corrected chi connectivity index (χ1v) is 14.2. The zero-order chi connectivity index (χ0) is 27.7. The van der Waals surface area contributed by atoms with E-state index >= 15 is 0 Å². The molecule has 0 aromatic heterocycles. The highest BCUT2D eigenvalue weighted by atomic mass is 79.9. The molecule has 0 spiro atoms. The van der Waals surface area contributed by atoms with Gasteiger partial charge < -0.3 is 19.5 Å². The Labute approximate surface area is 236 Å². The Hall–Kier alpha value is -3.39. The van der Waals surface area contributed by atoms with Crippen LogP contribution in [0.2, 0.25) is 0 Å². The van der Waals surface area contributed by atoms with Crippen LogP contribution in [-0.4, -0.2) is 30.7 Å². The Kier molecular flexibility index (Phi) is 7.93. The summed E-state index contributed by atoms with van der Waals surface area (Å²) in [4.78, 5) is 38.9. The molecule has 2 aromatic carbocycles. The van der Waals surface area contributed by atoms with Gasteiger partial charge in [0.25, 0.3) is 5.91 Å². The summed E-state index contributed by atoms with van der Waals surface area (Å²) < 4.78 is 18.6. The van der Waals surface area contributed by atoms with E-state index in [1.54, 1.807) is 0 Å². The smallest absolute Gasteiger partial charge is 0.262 e. The van der Waals surface area contributed by atoms with Gasteiger partial charge in [-0.05, 0) is 90.5 Å². The Morgan fingerprint density at radius 2 is 1.62 bits per heavy atom. The summed E-state index contributed by atoms with van der Waals surface area (Å²) in [6.07, 6.45) is 3.72. The number of anilines is 1. The molecule has 3 aliphatic rings. The van der Waals surface area contributed by atoms with E-state index in [4.69, 9.17) is 14.2 Å². The quantitative estimate of drug-likeness (QED) is 0.388. The van der Waals surface area contributed by atoms with Gasteiger partial charge >= 0.3 is 0 Å². The van der Waals surface area contributed by atoms with Gasteiger partial charge in [0, 0.05) is 48.4 Å². The molecule has 1 amide bonds. The molecule has 1 N–H and O–H groups in total. The highest BCUT2D eigenvalue weighted by Crippen LogP contribution is 2.50. The van der Waals surface area contributed by atoms with E-state index in [0.29, 0.717) is 76.6 Å². The molecular formula is C31H32BrNO6. The molecule has 1 heterocycles. The lowest BCUT2D eigenvalue weighted by atomic mass is 9.73. The molecule has 7 nitrogen and oxygen atoms in total. The zero-order valence-corrected chi connectivity index (χ0v) is 24.0. The monoisotopic (exact) mass is 593 g/mol. The first kappa shape index (κ1) is 27.2. The van der Waals surface area contributed by atoms with Crippen molar-refractivity contribution in [2.75, 3.05) is 18.5 Å². The molecule has 2 aliphatic carbocycles. The van der Waals surface area contributed by atoms with Crippen LogP contribution in [-0.2, 0) is 19.1 Å². The van der Waals surface area contributed by atoms with Crippen molar-refractivity contribution >= 4 is 39.1 Å². The average molecular weight is 595 g/mol. The van der Waals surface area contributed by atoms with Gasteiger partial charge in [-0.3, -0.25) is 14.4 Å². The number of halogens is 1. The predicted molar refractivity (Wildman–Crippen MR) is 151 cm³/mol. The van der Waals surface area contributed by atoms with E-state index in [0.717, 1.165) is 29.5 Å². The van der Waals surface area contributed by atoms with Crippen molar-refractivity contribution in [3.05, 3.63) is 74.2 Å². The lowest BCUT2D eigenvalue weighted by Gasteiger charge is -2.36. The molecule has 0 saturated carbocycles. The van der Waals surface area contributed by atoms with E-state index in [2.05, 4.69) is 21.2 Å². The Bertz CT molecular complexity index is 1380. The number of ether oxygens (including phenoxy) is 3. The van der Waals surface area contributed by atoms with Crippen LogP contribution in [0.3, 0.4) is 0 Å². The molecule has 39 heavy (non-hydrogen) atoms. The van der Waals surface area contributed by atoms with Crippen LogP contribution in [0.1, 0.15) is 68.1 Å². The number of hydrogen-bond acceptors (Lipinski definition) is 6. The Morgan fingerprint density at radius 3 is 2.23 bits per heavy atom. The zero-order valence-electron chi connectivity index (χ0n) is 22.4. The Morgan fingerprint density at radius 1 is 0.949 bits per heavy atom. The molecule has 204 valence electrons. The molecule has 0 fully saturated rings. The summed E-state index contributed by atoms with van der Waals surface area (Å²) in [5, 5.41) is 2.87. The fraction of sp³-hybridized carbons (Fsp3) is 0.387. The standard InChI is InChI=1S/C31H32BrNO6/c1-4-37-26-15-19(14-21(32)31(26)38-16-27(36)33-20-12-11-17(2)18(3)13-20)28-29-22(34)7-5-9-24(29)39-25-10-6-8-23(35)30(25)28/h11-15,28H,4-10,16H2,1-3H3,(H,33,36). The molecular weight excluding hydrogens is 562 g/mol. The van der Waals surface area contributed by atoms with Crippen molar-refractivity contribution in [3.63, 3.8) is 0 Å². The van der Waals surface area contributed by atoms with Gasteiger partial charge in [0.2, 0.25) is 0 Å². The molecule has 8 heteroatoms. The van der Waals surface area contributed by atoms with Crippen LogP contribution in [0.25, 0.3) is 0 Å². The van der Waals surface area contributed by atoms with E-state index in [1.165, 1.54) is 0 Å². The third kappa shape index (κ3) is 5.53. The van der Waals surface area contributed by atoms with Crippen LogP contribution in [0, 0.1) is 13.8 Å². The van der Waals surface area contributed by atoms with Crippen molar-refractivity contribution < 1.29 is 28.6 Å². The molecule has 0 bridgehead atoms. The van der Waals surface area contributed by atoms with E-state index in [9.17, 15) is 14.4 Å². The number of Topliss-reactive ketones (excluding diaryl/α,β-unsaturated/α-hetero) is 2. The maximum absolute atomic E-state index is 13.1. The second kappa shape index (κ2) is 11.4. The van der Waals surface area contributed by atoms with Crippen molar-refractivity contribution in [1.82, 2.24) is 0 Å². The molecule has 0 unspecified atom stereocenters. The predicted octanol–water partition coefficient (Wildman–Crippen LogP) is 6.61. The van der Waals surface area contributed by atoms with E-state index in [-0.39, 0.29) is 24.1 Å². The fourth-order valence-corrected chi connectivity index (χ4v) is 6.04. The SMILES string of the molecule is CCOc1cc(C2C3=C(CCCC3=O)OC3=C2C(=O)CCC3)cc(Br)c1OCC(=O)Nc1ccc(C)c(C)c1. The van der Waals surface area contributed by atoms with Gasteiger partial charge in [0.15, 0.2) is 29.7 Å². The topological polar surface area (TPSA) is 90.9 Å². The lowest BCUT2D eigenvalue weighted by molar-refractivity contribution is -0.119. The lowest BCUT2D eigenvalue weighted by Crippen LogP contribution is -2.30. The van der Waals surface area contributed by atoms with Gasteiger partial charge in [-0.2, -0.15) is 0 Å². The van der Waals surface area contributed by atoms with Gasteiger partial charge in [-0.25, -0.2) is 0 Å². The highest BCUT2D eigenvalue weighted by Gasteiger charge is 2.42. The fourth-order valence-electron chi connectivity index (χ4n) is 5.46. The number of benzene rings is 2. The summed E-state index contributed by atoms with van der Waals surface area (Å²) in [6.45, 7) is 6.02. The molecule has 1 aliphatic heterocycles. The molecule has 0 saturated heterocycles. The molecule has 5 rings (SSSR count). The summed E-state index contributed by atoms with van der Waals surface area (Å²) in [7, 11) is 0. The summed E-state index contributed by atoms with van der Waals surface area (Å²) in [5.74, 6) is 1.41. The Balaban J connectivity index is 1.46. The van der Waals surface area contributed by atoms with Gasteiger partial charge in [-0.1, -0.05) is 6.07 Å². The highest BCUT2D eigenvalue weighted by molar-refractivity contribution is 9.10. The van der Waals surface area contributed by atoms with Crippen molar-refractivity contribution in [3.8, 4) is 11.5 Å².